The number of aromatic nitrogens is 1. The standard InChI is InChI=1S/C28H31FN2O2/c1-5-28(33)31(18-19(2)3)26-14-13-24(16-25(26)29)22-9-11-23(12-10-22)27(32)15-8-21-7-6-20(4)30-17-21/h6-7,9-14,16-17,19H,5,8,15,18H2,1-4H3. The van der Waals surface area contributed by atoms with Crippen molar-refractivity contribution in [3.8, 4) is 11.1 Å². The van der Waals surface area contributed by atoms with Crippen molar-refractivity contribution in [3.63, 3.8) is 0 Å². The van der Waals surface area contributed by atoms with Crippen LogP contribution in [0.4, 0.5) is 10.1 Å². The van der Waals surface area contributed by atoms with Crippen LogP contribution >= 0.6 is 0 Å². The molecule has 172 valence electrons. The molecule has 0 N–H and O–H groups in total. The molecule has 0 unspecified atom stereocenters. The first-order valence-electron chi connectivity index (χ1n) is 11.4. The van der Waals surface area contributed by atoms with Gasteiger partial charge in [0.25, 0.3) is 0 Å². The van der Waals surface area contributed by atoms with Crippen molar-refractivity contribution < 1.29 is 14.0 Å². The molecule has 1 aromatic heterocycles. The van der Waals surface area contributed by atoms with Crippen molar-refractivity contribution in [2.75, 3.05) is 11.4 Å². The van der Waals surface area contributed by atoms with Crippen LogP contribution in [0.25, 0.3) is 11.1 Å². The summed E-state index contributed by atoms with van der Waals surface area (Å²) in [5.41, 5.74) is 4.44. The van der Waals surface area contributed by atoms with Gasteiger partial charge < -0.3 is 4.90 Å². The first-order chi connectivity index (χ1) is 15.8. The normalized spacial score (nSPS) is 11.0. The Morgan fingerprint density at radius 2 is 1.70 bits per heavy atom. The second kappa shape index (κ2) is 11.0. The number of Topliss-reactive ketones (excluding diaryl/α,β-unsaturated/α-hetero) is 1. The van der Waals surface area contributed by atoms with E-state index in [1.807, 2.05) is 51.1 Å². The van der Waals surface area contributed by atoms with Gasteiger partial charge in [-0.05, 0) is 54.2 Å². The van der Waals surface area contributed by atoms with E-state index in [0.29, 0.717) is 42.6 Å². The van der Waals surface area contributed by atoms with Crippen molar-refractivity contribution >= 4 is 17.4 Å². The Labute approximate surface area is 195 Å². The number of pyridine rings is 1. The van der Waals surface area contributed by atoms with Crippen LogP contribution in [0.5, 0.6) is 0 Å². The van der Waals surface area contributed by atoms with Crippen LogP contribution < -0.4 is 4.90 Å². The summed E-state index contributed by atoms with van der Waals surface area (Å²) in [7, 11) is 0. The molecular weight excluding hydrogens is 415 g/mol. The molecule has 1 amide bonds. The molecule has 0 aliphatic carbocycles. The first kappa shape index (κ1) is 24.3. The van der Waals surface area contributed by atoms with E-state index in [2.05, 4.69) is 4.98 Å². The largest absolute Gasteiger partial charge is 0.309 e. The van der Waals surface area contributed by atoms with Gasteiger partial charge in [0.2, 0.25) is 5.91 Å². The number of halogens is 1. The van der Waals surface area contributed by atoms with Crippen LogP contribution in [0.3, 0.4) is 0 Å². The SMILES string of the molecule is CCC(=O)N(CC(C)C)c1ccc(-c2ccc(C(=O)CCc3ccc(C)nc3)cc2)cc1F. The molecule has 33 heavy (non-hydrogen) atoms. The van der Waals surface area contributed by atoms with Gasteiger partial charge in [-0.2, -0.15) is 0 Å². The predicted molar refractivity (Wildman–Crippen MR) is 131 cm³/mol. The third-order valence-corrected chi connectivity index (χ3v) is 5.54. The molecule has 1 heterocycles. The Kier molecular flexibility index (Phi) is 8.10. The maximum atomic E-state index is 15.0. The number of hydrogen-bond acceptors (Lipinski definition) is 3. The van der Waals surface area contributed by atoms with Crippen LogP contribution in [0.2, 0.25) is 0 Å². The van der Waals surface area contributed by atoms with Crippen LogP contribution in [-0.4, -0.2) is 23.2 Å². The highest BCUT2D eigenvalue weighted by Gasteiger charge is 2.19. The molecule has 4 nitrogen and oxygen atoms in total. The highest BCUT2D eigenvalue weighted by atomic mass is 19.1. The number of amides is 1. The minimum absolute atomic E-state index is 0.0612. The van der Waals surface area contributed by atoms with E-state index in [1.165, 1.54) is 11.0 Å². The lowest BCUT2D eigenvalue weighted by Gasteiger charge is -2.25. The van der Waals surface area contributed by atoms with E-state index >= 15 is 0 Å². The van der Waals surface area contributed by atoms with Gasteiger partial charge in [-0.1, -0.05) is 57.2 Å². The van der Waals surface area contributed by atoms with Gasteiger partial charge >= 0.3 is 0 Å². The van der Waals surface area contributed by atoms with Crippen LogP contribution in [0.1, 0.15) is 55.2 Å². The van der Waals surface area contributed by atoms with E-state index in [-0.39, 0.29) is 17.6 Å². The zero-order valence-corrected chi connectivity index (χ0v) is 19.8. The van der Waals surface area contributed by atoms with Gasteiger partial charge in [0.1, 0.15) is 5.82 Å². The highest BCUT2D eigenvalue weighted by Crippen LogP contribution is 2.28. The van der Waals surface area contributed by atoms with E-state index < -0.39 is 5.82 Å². The average molecular weight is 447 g/mol. The molecule has 0 radical (unpaired) electrons. The summed E-state index contributed by atoms with van der Waals surface area (Å²) >= 11 is 0. The Bertz CT molecular complexity index is 1110. The summed E-state index contributed by atoms with van der Waals surface area (Å²) in [5, 5.41) is 0. The Hall–Kier alpha value is -3.34. The van der Waals surface area contributed by atoms with Crippen LogP contribution in [0, 0.1) is 18.7 Å². The first-order valence-corrected chi connectivity index (χ1v) is 11.4. The predicted octanol–water partition coefficient (Wildman–Crippen LogP) is 6.41. The molecule has 5 heteroatoms. The number of carbonyl (C=O) groups is 2. The van der Waals surface area contributed by atoms with Crippen LogP contribution in [-0.2, 0) is 11.2 Å². The number of rotatable bonds is 9. The fourth-order valence-electron chi connectivity index (χ4n) is 3.69. The molecule has 0 spiro atoms. The molecule has 0 aliphatic heterocycles. The van der Waals surface area contributed by atoms with Crippen molar-refractivity contribution in [1.29, 1.82) is 0 Å². The van der Waals surface area contributed by atoms with Crippen molar-refractivity contribution in [2.45, 2.75) is 47.0 Å². The number of benzene rings is 2. The van der Waals surface area contributed by atoms with Crippen molar-refractivity contribution in [2.24, 2.45) is 5.92 Å². The summed E-state index contributed by atoms with van der Waals surface area (Å²) in [6.07, 6.45) is 3.18. The second-order valence-corrected chi connectivity index (χ2v) is 8.73. The Morgan fingerprint density at radius 3 is 2.27 bits per heavy atom. The summed E-state index contributed by atoms with van der Waals surface area (Å²) in [6.45, 7) is 8.19. The Balaban J connectivity index is 1.72. The van der Waals surface area contributed by atoms with Gasteiger partial charge in [-0.3, -0.25) is 14.6 Å². The fourth-order valence-corrected chi connectivity index (χ4v) is 3.69. The van der Waals surface area contributed by atoms with Gasteiger partial charge in [0, 0.05) is 36.8 Å². The van der Waals surface area contributed by atoms with Crippen molar-refractivity contribution in [1.82, 2.24) is 4.98 Å². The minimum Gasteiger partial charge on any atom is -0.309 e. The van der Waals surface area contributed by atoms with Crippen LogP contribution in [0.15, 0.2) is 60.8 Å². The molecule has 3 aromatic rings. The second-order valence-electron chi connectivity index (χ2n) is 8.73. The lowest BCUT2D eigenvalue weighted by atomic mass is 9.99. The molecule has 0 fully saturated rings. The van der Waals surface area contributed by atoms with Gasteiger partial charge in [-0.25, -0.2) is 4.39 Å². The lowest BCUT2D eigenvalue weighted by molar-refractivity contribution is -0.118. The maximum absolute atomic E-state index is 15.0. The third kappa shape index (κ3) is 6.35. The number of nitrogens with zero attached hydrogens (tertiary/aromatic N) is 2. The number of carbonyl (C=O) groups excluding carboxylic acids is 2. The highest BCUT2D eigenvalue weighted by molar-refractivity contribution is 5.96. The Morgan fingerprint density at radius 1 is 1.00 bits per heavy atom. The van der Waals surface area contributed by atoms with E-state index in [0.717, 1.165) is 16.8 Å². The summed E-state index contributed by atoms with van der Waals surface area (Å²) in [4.78, 5) is 30.7. The van der Waals surface area contributed by atoms with Gasteiger partial charge in [-0.15, -0.1) is 0 Å². The summed E-state index contributed by atoms with van der Waals surface area (Å²) < 4.78 is 15.0. The summed E-state index contributed by atoms with van der Waals surface area (Å²) in [6, 6.07) is 16.1. The quantitative estimate of drug-likeness (QED) is 0.357. The number of anilines is 1. The monoisotopic (exact) mass is 446 g/mol. The molecule has 0 bridgehead atoms. The molecule has 0 atom stereocenters. The molecule has 2 aromatic carbocycles. The minimum atomic E-state index is -0.429. The fraction of sp³-hybridized carbons (Fsp3) is 0.321. The smallest absolute Gasteiger partial charge is 0.226 e. The van der Waals surface area contributed by atoms with E-state index in [4.69, 9.17) is 0 Å². The number of ketones is 1. The molecular formula is C28H31FN2O2. The third-order valence-electron chi connectivity index (χ3n) is 5.54. The van der Waals surface area contributed by atoms with E-state index in [1.54, 1.807) is 31.3 Å². The molecule has 0 saturated heterocycles. The van der Waals surface area contributed by atoms with E-state index in [9.17, 15) is 14.0 Å². The summed E-state index contributed by atoms with van der Waals surface area (Å²) in [5.74, 6) is -0.237. The zero-order valence-electron chi connectivity index (χ0n) is 19.8. The van der Waals surface area contributed by atoms with Crippen molar-refractivity contribution in [3.05, 3.63) is 83.4 Å². The molecule has 0 saturated carbocycles. The molecule has 0 aliphatic rings. The average Bonchev–Trinajstić information content (AvgIpc) is 2.81. The number of hydrogen-bond donors (Lipinski definition) is 0. The lowest BCUT2D eigenvalue weighted by Crippen LogP contribution is -2.34. The molecule has 3 rings (SSSR count). The van der Waals surface area contributed by atoms with Gasteiger partial charge in [0.15, 0.2) is 5.78 Å². The maximum Gasteiger partial charge on any atom is 0.226 e. The zero-order chi connectivity index (χ0) is 24.0. The number of aryl methyl sites for hydroxylation is 2. The topological polar surface area (TPSA) is 50.3 Å². The van der Waals surface area contributed by atoms with Gasteiger partial charge in [0.05, 0.1) is 5.69 Å².